The molecule has 22 heavy (non-hydrogen) atoms. The molecule has 2 aliphatic carbocycles. The van der Waals surface area contributed by atoms with Gasteiger partial charge in [0.25, 0.3) is 0 Å². The SMILES string of the molecule is COC(=O)CC1C(c2ccc(OC)cc2)C(=O)C2CCCC21. The van der Waals surface area contributed by atoms with Crippen LogP contribution >= 0.6 is 0 Å². The van der Waals surface area contributed by atoms with Crippen molar-refractivity contribution in [2.24, 2.45) is 17.8 Å². The second-order valence-electron chi connectivity index (χ2n) is 6.30. The van der Waals surface area contributed by atoms with Gasteiger partial charge in [0.2, 0.25) is 0 Å². The van der Waals surface area contributed by atoms with Crippen LogP contribution in [0.25, 0.3) is 0 Å². The van der Waals surface area contributed by atoms with Crippen LogP contribution in [0.4, 0.5) is 0 Å². The molecular formula is C18H22O4. The van der Waals surface area contributed by atoms with Crippen molar-refractivity contribution in [2.45, 2.75) is 31.6 Å². The molecule has 0 N–H and O–H groups in total. The minimum absolute atomic E-state index is 0.0702. The summed E-state index contributed by atoms with van der Waals surface area (Å²) in [6.45, 7) is 0. The summed E-state index contributed by atoms with van der Waals surface area (Å²) in [5.41, 5.74) is 0.995. The summed E-state index contributed by atoms with van der Waals surface area (Å²) in [6, 6.07) is 7.66. The molecule has 0 bridgehead atoms. The molecule has 1 aromatic rings. The highest BCUT2D eigenvalue weighted by Crippen LogP contribution is 2.53. The molecule has 0 saturated heterocycles. The van der Waals surface area contributed by atoms with Crippen LogP contribution in [0.1, 0.15) is 37.2 Å². The summed E-state index contributed by atoms with van der Waals surface area (Å²) >= 11 is 0. The monoisotopic (exact) mass is 302 g/mol. The Kier molecular flexibility index (Phi) is 4.19. The van der Waals surface area contributed by atoms with E-state index in [2.05, 4.69) is 0 Å². The third-order valence-corrected chi connectivity index (χ3v) is 5.32. The van der Waals surface area contributed by atoms with E-state index in [1.54, 1.807) is 7.11 Å². The Bertz CT molecular complexity index is 563. The summed E-state index contributed by atoms with van der Waals surface area (Å²) < 4.78 is 10.0. The zero-order valence-electron chi connectivity index (χ0n) is 13.1. The fraction of sp³-hybridized carbons (Fsp3) is 0.556. The first-order valence-corrected chi connectivity index (χ1v) is 7.90. The maximum Gasteiger partial charge on any atom is 0.305 e. The van der Waals surface area contributed by atoms with Crippen LogP contribution < -0.4 is 4.74 Å². The van der Waals surface area contributed by atoms with E-state index in [1.807, 2.05) is 24.3 Å². The van der Waals surface area contributed by atoms with Gasteiger partial charge in [-0.15, -0.1) is 0 Å². The Morgan fingerprint density at radius 1 is 1.18 bits per heavy atom. The summed E-state index contributed by atoms with van der Waals surface area (Å²) in [7, 11) is 3.04. The van der Waals surface area contributed by atoms with Gasteiger partial charge in [-0.25, -0.2) is 0 Å². The lowest BCUT2D eigenvalue weighted by atomic mass is 9.81. The average molecular weight is 302 g/mol. The number of hydrogen-bond donors (Lipinski definition) is 0. The van der Waals surface area contributed by atoms with E-state index >= 15 is 0 Å². The molecule has 118 valence electrons. The lowest BCUT2D eigenvalue weighted by Crippen LogP contribution is -2.20. The van der Waals surface area contributed by atoms with Crippen molar-refractivity contribution in [3.63, 3.8) is 0 Å². The predicted molar refractivity (Wildman–Crippen MR) is 81.7 cm³/mol. The predicted octanol–water partition coefficient (Wildman–Crippen LogP) is 2.96. The van der Waals surface area contributed by atoms with Crippen molar-refractivity contribution < 1.29 is 19.1 Å². The molecule has 0 amide bonds. The molecule has 1 aromatic carbocycles. The van der Waals surface area contributed by atoms with Crippen LogP contribution in [0.15, 0.2) is 24.3 Å². The number of ether oxygens (including phenoxy) is 2. The van der Waals surface area contributed by atoms with E-state index < -0.39 is 0 Å². The Balaban J connectivity index is 1.91. The van der Waals surface area contributed by atoms with E-state index in [4.69, 9.17) is 9.47 Å². The van der Waals surface area contributed by atoms with Gasteiger partial charge in [0.15, 0.2) is 0 Å². The van der Waals surface area contributed by atoms with Crippen LogP contribution in [0.2, 0.25) is 0 Å². The van der Waals surface area contributed by atoms with Crippen molar-refractivity contribution in [2.75, 3.05) is 14.2 Å². The molecule has 3 rings (SSSR count). The van der Waals surface area contributed by atoms with Gasteiger partial charge in [0.1, 0.15) is 11.5 Å². The van der Waals surface area contributed by atoms with E-state index in [9.17, 15) is 9.59 Å². The molecule has 2 fully saturated rings. The maximum absolute atomic E-state index is 12.8. The molecule has 2 aliphatic rings. The smallest absolute Gasteiger partial charge is 0.305 e. The number of esters is 1. The number of carbonyl (C=O) groups excluding carboxylic acids is 2. The number of rotatable bonds is 4. The van der Waals surface area contributed by atoms with Gasteiger partial charge in [-0.05, 0) is 42.4 Å². The van der Waals surface area contributed by atoms with Crippen molar-refractivity contribution in [3.05, 3.63) is 29.8 Å². The third-order valence-electron chi connectivity index (χ3n) is 5.32. The van der Waals surface area contributed by atoms with Crippen molar-refractivity contribution >= 4 is 11.8 Å². The number of ketones is 1. The first kappa shape index (κ1) is 15.1. The zero-order valence-corrected chi connectivity index (χ0v) is 13.1. The number of benzene rings is 1. The molecule has 4 heteroatoms. The van der Waals surface area contributed by atoms with Crippen LogP contribution in [0.5, 0.6) is 5.75 Å². The zero-order chi connectivity index (χ0) is 15.7. The minimum atomic E-state index is -0.219. The van der Waals surface area contributed by atoms with Gasteiger partial charge in [-0.3, -0.25) is 9.59 Å². The number of Topliss-reactive ketones (excluding diaryl/α,β-unsaturated/α-hetero) is 1. The van der Waals surface area contributed by atoms with Gasteiger partial charge < -0.3 is 9.47 Å². The first-order valence-electron chi connectivity index (χ1n) is 7.90. The van der Waals surface area contributed by atoms with Crippen LogP contribution in [-0.4, -0.2) is 26.0 Å². The topological polar surface area (TPSA) is 52.6 Å². The first-order chi connectivity index (χ1) is 10.7. The lowest BCUT2D eigenvalue weighted by molar-refractivity contribution is -0.142. The Morgan fingerprint density at radius 3 is 2.55 bits per heavy atom. The van der Waals surface area contributed by atoms with Gasteiger partial charge in [-0.2, -0.15) is 0 Å². The number of hydrogen-bond acceptors (Lipinski definition) is 4. The third kappa shape index (κ3) is 2.51. The Labute approximate surface area is 130 Å². The average Bonchev–Trinajstić information content (AvgIpc) is 3.11. The molecule has 0 radical (unpaired) electrons. The summed E-state index contributed by atoms with van der Waals surface area (Å²) in [5, 5.41) is 0. The highest BCUT2D eigenvalue weighted by Gasteiger charge is 2.52. The quantitative estimate of drug-likeness (QED) is 0.802. The Morgan fingerprint density at radius 2 is 1.91 bits per heavy atom. The molecule has 0 heterocycles. The molecule has 4 nitrogen and oxygen atoms in total. The minimum Gasteiger partial charge on any atom is -0.497 e. The highest BCUT2D eigenvalue weighted by molar-refractivity contribution is 5.92. The molecule has 4 unspecified atom stereocenters. The number of methoxy groups -OCH3 is 2. The van der Waals surface area contributed by atoms with Gasteiger partial charge in [-0.1, -0.05) is 18.6 Å². The molecule has 0 aliphatic heterocycles. The van der Waals surface area contributed by atoms with Gasteiger partial charge in [0, 0.05) is 18.3 Å². The molecule has 0 aromatic heterocycles. The van der Waals surface area contributed by atoms with Crippen LogP contribution in [0, 0.1) is 17.8 Å². The van der Waals surface area contributed by atoms with Crippen molar-refractivity contribution in [3.8, 4) is 5.75 Å². The van der Waals surface area contributed by atoms with Crippen molar-refractivity contribution in [1.82, 2.24) is 0 Å². The molecule has 4 atom stereocenters. The fourth-order valence-electron chi connectivity index (χ4n) is 4.31. The summed E-state index contributed by atoms with van der Waals surface area (Å²) in [5.74, 6) is 1.21. The summed E-state index contributed by atoms with van der Waals surface area (Å²) in [4.78, 5) is 24.6. The highest BCUT2D eigenvalue weighted by atomic mass is 16.5. The van der Waals surface area contributed by atoms with E-state index in [-0.39, 0.29) is 23.7 Å². The van der Waals surface area contributed by atoms with E-state index in [1.165, 1.54) is 7.11 Å². The lowest BCUT2D eigenvalue weighted by Gasteiger charge is -2.22. The number of carbonyl (C=O) groups is 2. The van der Waals surface area contributed by atoms with Gasteiger partial charge in [0.05, 0.1) is 14.2 Å². The van der Waals surface area contributed by atoms with Crippen LogP contribution in [0.3, 0.4) is 0 Å². The molecule has 0 spiro atoms. The van der Waals surface area contributed by atoms with Gasteiger partial charge >= 0.3 is 5.97 Å². The molecular weight excluding hydrogens is 280 g/mol. The van der Waals surface area contributed by atoms with E-state index in [0.29, 0.717) is 18.1 Å². The largest absolute Gasteiger partial charge is 0.497 e. The second kappa shape index (κ2) is 6.11. The van der Waals surface area contributed by atoms with Crippen molar-refractivity contribution in [1.29, 1.82) is 0 Å². The normalized spacial score (nSPS) is 30.2. The number of fused-ring (bicyclic) bond motifs is 1. The standard InChI is InChI=1S/C18H22O4/c1-21-12-8-6-11(7-9-12)17-15(10-16(19)22-2)13-4-3-5-14(13)18(17)20/h6-9,13-15,17H,3-5,10H2,1-2H3. The molecule has 2 saturated carbocycles. The fourth-order valence-corrected chi connectivity index (χ4v) is 4.31. The summed E-state index contributed by atoms with van der Waals surface area (Å²) in [6.07, 6.45) is 3.44. The van der Waals surface area contributed by atoms with Crippen LogP contribution in [-0.2, 0) is 14.3 Å². The Hall–Kier alpha value is -1.84. The second-order valence-corrected chi connectivity index (χ2v) is 6.30. The maximum atomic E-state index is 12.8. The van der Waals surface area contributed by atoms with E-state index in [0.717, 1.165) is 30.6 Å².